The van der Waals surface area contributed by atoms with E-state index in [9.17, 15) is 18.0 Å². The average Bonchev–Trinajstić information content (AvgIpc) is 3.26. The molecule has 250 valence electrons. The third-order valence-corrected chi connectivity index (χ3v) is 9.07. The van der Waals surface area contributed by atoms with Crippen molar-refractivity contribution >= 4 is 37.1 Å². The van der Waals surface area contributed by atoms with Gasteiger partial charge in [-0.3, -0.25) is 18.8 Å². The monoisotopic (exact) mass is 670 g/mol. The van der Waals surface area contributed by atoms with E-state index in [0.717, 1.165) is 12.1 Å². The van der Waals surface area contributed by atoms with Crippen LogP contribution < -0.4 is 10.3 Å². The maximum absolute atomic E-state index is 13.7. The van der Waals surface area contributed by atoms with Crippen molar-refractivity contribution in [2.45, 2.75) is 45.4 Å². The Kier molecular flexibility index (Phi) is 11.5. The number of nitrogens with zero attached hydrogens (tertiary/aromatic N) is 5. The van der Waals surface area contributed by atoms with Gasteiger partial charge in [0.2, 0.25) is 16.8 Å². The SMILES string of the molecule is CCCc1nn(C)c2c(=O)nc(-c3cc(S(=O)(=O)N4CC[N+](C)(COC(=O)C(C)C)CC4)ccc3OCC)[nH]c12.CS(=O)(=O)[O-]. The number of nitrogens with one attached hydrogen (secondary N) is 1. The van der Waals surface area contributed by atoms with Crippen LogP contribution in [-0.2, 0) is 43.1 Å². The first kappa shape index (κ1) is 36.1. The van der Waals surface area contributed by atoms with Gasteiger partial charge >= 0.3 is 5.97 Å². The van der Waals surface area contributed by atoms with Crippen molar-refractivity contribution < 1.29 is 40.1 Å². The number of ether oxygens (including phenoxy) is 2. The second-order valence-corrected chi connectivity index (χ2v) is 14.8. The summed E-state index contributed by atoms with van der Waals surface area (Å²) in [6.45, 7) is 9.53. The van der Waals surface area contributed by atoms with E-state index < -0.39 is 25.7 Å². The summed E-state index contributed by atoms with van der Waals surface area (Å²) in [5.74, 6) is 0.149. The normalized spacial score (nSPS) is 15.5. The molecule has 1 aliphatic heterocycles. The Bertz CT molecular complexity index is 1780. The van der Waals surface area contributed by atoms with E-state index in [-0.39, 0.29) is 42.4 Å². The number of piperazine rings is 1. The van der Waals surface area contributed by atoms with Gasteiger partial charge in [-0.2, -0.15) is 14.4 Å². The molecule has 0 saturated carbocycles. The molecule has 0 spiro atoms. The van der Waals surface area contributed by atoms with Crippen molar-refractivity contribution in [2.75, 3.05) is 52.8 Å². The summed E-state index contributed by atoms with van der Waals surface area (Å²) in [6.07, 6.45) is 2.12. The summed E-state index contributed by atoms with van der Waals surface area (Å²) in [5.41, 5.74) is 1.62. The molecule has 3 heterocycles. The number of esters is 1. The summed E-state index contributed by atoms with van der Waals surface area (Å²) in [6, 6.07) is 4.62. The minimum absolute atomic E-state index is 0.0796. The quantitative estimate of drug-likeness (QED) is 0.186. The number of quaternary nitrogens is 1. The second kappa shape index (κ2) is 14.4. The van der Waals surface area contributed by atoms with E-state index in [1.807, 2.05) is 20.9 Å². The molecule has 17 heteroatoms. The topological polar surface area (TPSA) is 194 Å². The molecule has 15 nitrogen and oxygen atoms in total. The van der Waals surface area contributed by atoms with E-state index in [1.54, 1.807) is 27.0 Å². The van der Waals surface area contributed by atoms with Crippen LogP contribution in [0.5, 0.6) is 5.75 Å². The van der Waals surface area contributed by atoms with Gasteiger partial charge in [0.1, 0.15) is 11.6 Å². The minimum atomic E-state index is -3.92. The number of fused-ring (bicyclic) bond motifs is 1. The van der Waals surface area contributed by atoms with E-state index in [2.05, 4.69) is 15.1 Å². The Balaban J connectivity index is 0.00000102. The molecule has 0 radical (unpaired) electrons. The van der Waals surface area contributed by atoms with Crippen LogP contribution in [0.3, 0.4) is 0 Å². The summed E-state index contributed by atoms with van der Waals surface area (Å²) >= 11 is 0. The number of H-pyrrole nitrogens is 1. The van der Waals surface area contributed by atoms with Crippen LogP contribution in [0.2, 0.25) is 0 Å². The molecule has 45 heavy (non-hydrogen) atoms. The lowest BCUT2D eigenvalue weighted by Crippen LogP contribution is -2.59. The standard InChI is InChI=1S/C27H38N6O6S.CH4O3S/c1-7-9-21-23-24(31(5)30-21)26(34)29-25(28-23)20-16-19(10-11-22(20)38-8-2)40(36,37)32-12-14-33(6,15-13-32)17-39-27(35)18(3)4;1-5(2,3)4/h10-11,16,18H,7-9,12-15,17H2,1-6H3;1H3,(H,2,3,4). The number of aryl methyl sites for hydroxylation is 2. The number of carbonyl (C=O) groups excluding carboxylic acids is 1. The molecule has 0 amide bonds. The molecular formula is C28H42N6O9S2. The van der Waals surface area contributed by atoms with Crippen LogP contribution in [0.25, 0.3) is 22.4 Å². The summed E-state index contributed by atoms with van der Waals surface area (Å²) < 4.78 is 69.3. The minimum Gasteiger partial charge on any atom is -0.748 e. The van der Waals surface area contributed by atoms with Gasteiger partial charge in [-0.25, -0.2) is 16.8 Å². The number of benzene rings is 1. The molecule has 1 fully saturated rings. The lowest BCUT2D eigenvalue weighted by atomic mass is 10.1. The fourth-order valence-corrected chi connectivity index (χ4v) is 6.22. The Labute approximate surface area is 263 Å². The molecule has 2 aromatic heterocycles. The van der Waals surface area contributed by atoms with Gasteiger partial charge in [0.05, 0.1) is 77.5 Å². The van der Waals surface area contributed by atoms with Crippen molar-refractivity contribution in [1.82, 2.24) is 24.1 Å². The maximum atomic E-state index is 13.7. The fraction of sp³-hybridized carbons (Fsp3) is 0.571. The zero-order valence-corrected chi connectivity index (χ0v) is 28.3. The van der Waals surface area contributed by atoms with Crippen LogP contribution >= 0.6 is 0 Å². The molecule has 1 N–H and O–H groups in total. The van der Waals surface area contributed by atoms with Crippen LogP contribution in [-0.4, -0.2) is 109 Å². The van der Waals surface area contributed by atoms with E-state index in [4.69, 9.17) is 22.4 Å². The highest BCUT2D eigenvalue weighted by atomic mass is 32.2. The number of aromatic nitrogens is 4. The third-order valence-electron chi connectivity index (χ3n) is 7.18. The number of carbonyl (C=O) groups is 1. The number of sulfonamides is 1. The van der Waals surface area contributed by atoms with Gasteiger partial charge in [0, 0.05) is 13.3 Å². The Morgan fingerprint density at radius 1 is 1.16 bits per heavy atom. The van der Waals surface area contributed by atoms with Gasteiger partial charge < -0.3 is 19.0 Å². The van der Waals surface area contributed by atoms with Gasteiger partial charge in [0.15, 0.2) is 5.52 Å². The highest BCUT2D eigenvalue weighted by molar-refractivity contribution is 7.89. The molecule has 0 bridgehead atoms. The Morgan fingerprint density at radius 3 is 2.33 bits per heavy atom. The zero-order valence-electron chi connectivity index (χ0n) is 26.7. The summed E-state index contributed by atoms with van der Waals surface area (Å²) in [7, 11) is -4.12. The van der Waals surface area contributed by atoms with Crippen molar-refractivity contribution in [2.24, 2.45) is 13.0 Å². The largest absolute Gasteiger partial charge is 0.748 e. The first-order valence-electron chi connectivity index (χ1n) is 14.5. The molecule has 1 saturated heterocycles. The van der Waals surface area contributed by atoms with E-state index in [1.165, 1.54) is 21.1 Å². The lowest BCUT2D eigenvalue weighted by Gasteiger charge is -2.40. The van der Waals surface area contributed by atoms with E-state index in [0.29, 0.717) is 59.2 Å². The van der Waals surface area contributed by atoms with Crippen molar-refractivity contribution in [3.63, 3.8) is 0 Å². The molecule has 0 atom stereocenters. The number of hydrogen-bond donors (Lipinski definition) is 1. The Morgan fingerprint density at radius 2 is 1.78 bits per heavy atom. The van der Waals surface area contributed by atoms with Crippen LogP contribution in [0.1, 0.15) is 39.8 Å². The number of aromatic amines is 1. The van der Waals surface area contributed by atoms with Crippen molar-refractivity contribution in [3.05, 3.63) is 34.2 Å². The average molecular weight is 671 g/mol. The molecule has 0 aliphatic carbocycles. The molecule has 3 aromatic rings. The van der Waals surface area contributed by atoms with Crippen LogP contribution in [0.15, 0.2) is 27.9 Å². The smallest absolute Gasteiger partial charge is 0.312 e. The predicted molar refractivity (Wildman–Crippen MR) is 166 cm³/mol. The third kappa shape index (κ3) is 9.09. The molecule has 0 unspecified atom stereocenters. The zero-order chi connectivity index (χ0) is 33.7. The summed E-state index contributed by atoms with van der Waals surface area (Å²) in [4.78, 5) is 32.5. The highest BCUT2D eigenvalue weighted by Gasteiger charge is 2.36. The first-order chi connectivity index (χ1) is 20.9. The summed E-state index contributed by atoms with van der Waals surface area (Å²) in [5, 5.41) is 4.48. The molecule has 4 rings (SSSR count). The highest BCUT2D eigenvalue weighted by Crippen LogP contribution is 2.32. The van der Waals surface area contributed by atoms with E-state index >= 15 is 0 Å². The number of rotatable bonds is 10. The lowest BCUT2D eigenvalue weighted by molar-refractivity contribution is -0.928. The van der Waals surface area contributed by atoms with Crippen molar-refractivity contribution in [1.29, 1.82) is 0 Å². The van der Waals surface area contributed by atoms with Crippen LogP contribution in [0, 0.1) is 5.92 Å². The molecule has 1 aromatic carbocycles. The number of hydrogen-bond acceptors (Lipinski definition) is 11. The van der Waals surface area contributed by atoms with Gasteiger partial charge in [-0.15, -0.1) is 0 Å². The first-order valence-corrected chi connectivity index (χ1v) is 17.8. The van der Waals surface area contributed by atoms with Gasteiger partial charge in [0.25, 0.3) is 5.56 Å². The molecular weight excluding hydrogens is 628 g/mol. The van der Waals surface area contributed by atoms with Crippen LogP contribution in [0.4, 0.5) is 0 Å². The second-order valence-electron chi connectivity index (χ2n) is 11.4. The maximum Gasteiger partial charge on any atom is 0.312 e. The van der Waals surface area contributed by atoms with Crippen molar-refractivity contribution in [3.8, 4) is 17.1 Å². The fourth-order valence-electron chi connectivity index (χ4n) is 4.77. The van der Waals surface area contributed by atoms with Gasteiger partial charge in [-0.1, -0.05) is 27.2 Å². The Hall–Kier alpha value is -3.38. The number of likely N-dealkylation sites (N-methyl/N-ethyl adjacent to an activating group) is 1. The van der Waals surface area contributed by atoms with Gasteiger partial charge in [-0.05, 0) is 31.5 Å². The predicted octanol–water partition coefficient (Wildman–Crippen LogP) is 1.44. The molecule has 1 aliphatic rings.